The molecule has 2 aromatic rings. The van der Waals surface area contributed by atoms with Crippen LogP contribution in [0.4, 0.5) is 5.13 Å². The quantitative estimate of drug-likeness (QED) is 0.854. The molecule has 110 valence electrons. The van der Waals surface area contributed by atoms with Crippen molar-refractivity contribution in [3.8, 4) is 0 Å². The lowest BCUT2D eigenvalue weighted by Crippen LogP contribution is -2.12. The second-order valence-corrected chi connectivity index (χ2v) is 5.60. The van der Waals surface area contributed by atoms with Gasteiger partial charge in [0.25, 0.3) is 5.91 Å². The molecule has 0 aliphatic rings. The number of nitrogens with zero attached hydrogens (tertiary/aromatic N) is 1. The van der Waals surface area contributed by atoms with Crippen molar-refractivity contribution in [3.63, 3.8) is 0 Å². The van der Waals surface area contributed by atoms with Gasteiger partial charge >= 0.3 is 5.97 Å². The number of benzene rings is 1. The Hall–Kier alpha value is -1.63. The van der Waals surface area contributed by atoms with Crippen molar-refractivity contribution < 1.29 is 14.3 Å². The van der Waals surface area contributed by atoms with Crippen LogP contribution in [0, 0.1) is 0 Å². The van der Waals surface area contributed by atoms with E-state index < -0.39 is 11.9 Å². The number of aromatic nitrogens is 1. The highest BCUT2D eigenvalue weighted by atomic mass is 35.5. The lowest BCUT2D eigenvalue weighted by atomic mass is 10.2. The van der Waals surface area contributed by atoms with Crippen molar-refractivity contribution in [2.45, 2.75) is 6.92 Å². The number of thiazole rings is 1. The molecule has 0 saturated carbocycles. The lowest BCUT2D eigenvalue weighted by Gasteiger charge is -2.03. The first kappa shape index (κ1) is 15.8. The predicted octanol–water partition coefficient (Wildman–Crippen LogP) is 3.88. The zero-order valence-corrected chi connectivity index (χ0v) is 13.2. The third-order valence-electron chi connectivity index (χ3n) is 2.33. The highest BCUT2D eigenvalue weighted by molar-refractivity contribution is 7.14. The van der Waals surface area contributed by atoms with Gasteiger partial charge in [-0.1, -0.05) is 23.2 Å². The summed E-state index contributed by atoms with van der Waals surface area (Å²) in [5.74, 6) is -0.941. The summed E-state index contributed by atoms with van der Waals surface area (Å²) in [5, 5.41) is 5.10. The van der Waals surface area contributed by atoms with Crippen molar-refractivity contribution in [1.82, 2.24) is 4.98 Å². The van der Waals surface area contributed by atoms with Gasteiger partial charge in [-0.3, -0.25) is 10.1 Å². The Kier molecular flexibility index (Phi) is 5.17. The summed E-state index contributed by atoms with van der Waals surface area (Å²) in [7, 11) is 0. The maximum absolute atomic E-state index is 12.0. The van der Waals surface area contributed by atoms with Gasteiger partial charge in [-0.05, 0) is 25.1 Å². The van der Waals surface area contributed by atoms with E-state index in [1.807, 2.05) is 0 Å². The number of esters is 1. The molecule has 1 heterocycles. The Morgan fingerprint density at radius 3 is 2.57 bits per heavy atom. The van der Waals surface area contributed by atoms with E-state index in [2.05, 4.69) is 10.3 Å². The van der Waals surface area contributed by atoms with Crippen LogP contribution >= 0.6 is 34.5 Å². The fourth-order valence-electron chi connectivity index (χ4n) is 1.48. The molecule has 0 unspecified atom stereocenters. The number of hydrogen-bond donors (Lipinski definition) is 1. The first-order valence-corrected chi connectivity index (χ1v) is 7.53. The van der Waals surface area contributed by atoms with Gasteiger partial charge in [0.05, 0.1) is 6.61 Å². The van der Waals surface area contributed by atoms with Crippen LogP contribution in [0.15, 0.2) is 23.6 Å². The second-order valence-electron chi connectivity index (χ2n) is 3.87. The molecule has 21 heavy (non-hydrogen) atoms. The number of anilines is 1. The van der Waals surface area contributed by atoms with Gasteiger partial charge in [0.15, 0.2) is 10.8 Å². The van der Waals surface area contributed by atoms with Crippen molar-refractivity contribution in [1.29, 1.82) is 0 Å². The zero-order valence-electron chi connectivity index (χ0n) is 10.9. The van der Waals surface area contributed by atoms with Crippen molar-refractivity contribution in [2.75, 3.05) is 11.9 Å². The van der Waals surface area contributed by atoms with Crippen LogP contribution in [0.2, 0.25) is 10.0 Å². The van der Waals surface area contributed by atoms with Crippen LogP contribution in [-0.4, -0.2) is 23.5 Å². The molecule has 0 saturated heterocycles. The third kappa shape index (κ3) is 4.17. The van der Waals surface area contributed by atoms with E-state index >= 15 is 0 Å². The Balaban J connectivity index is 2.11. The molecule has 0 aliphatic heterocycles. The predicted molar refractivity (Wildman–Crippen MR) is 82.5 cm³/mol. The first-order valence-electron chi connectivity index (χ1n) is 5.89. The number of hydrogen-bond acceptors (Lipinski definition) is 5. The fourth-order valence-corrected chi connectivity index (χ4v) is 2.69. The molecule has 1 amide bonds. The van der Waals surface area contributed by atoms with E-state index in [1.165, 1.54) is 23.6 Å². The molecule has 1 N–H and O–H groups in total. The molecule has 0 aliphatic carbocycles. The molecule has 8 heteroatoms. The van der Waals surface area contributed by atoms with Gasteiger partial charge in [-0.25, -0.2) is 9.78 Å². The SMILES string of the molecule is CCOC(=O)c1csc(NC(=O)c2cc(Cl)cc(Cl)c2)n1. The van der Waals surface area contributed by atoms with E-state index in [0.717, 1.165) is 11.3 Å². The molecule has 0 spiro atoms. The Bertz CT molecular complexity index is 668. The minimum atomic E-state index is -0.528. The van der Waals surface area contributed by atoms with Gasteiger partial charge in [0.2, 0.25) is 0 Å². The standard InChI is InChI=1S/C13H10Cl2N2O3S/c1-2-20-12(19)10-6-21-13(16-10)17-11(18)7-3-8(14)5-9(15)4-7/h3-6H,2H2,1H3,(H,16,17,18). The van der Waals surface area contributed by atoms with Crippen LogP contribution in [0.1, 0.15) is 27.8 Å². The summed E-state index contributed by atoms with van der Waals surface area (Å²) in [5.41, 5.74) is 0.460. The maximum Gasteiger partial charge on any atom is 0.357 e. The molecule has 5 nitrogen and oxygen atoms in total. The van der Waals surface area contributed by atoms with Crippen LogP contribution in [0.25, 0.3) is 0 Å². The molecule has 1 aromatic carbocycles. The largest absolute Gasteiger partial charge is 0.461 e. The number of amides is 1. The normalized spacial score (nSPS) is 10.2. The number of carbonyl (C=O) groups is 2. The van der Waals surface area contributed by atoms with E-state index in [-0.39, 0.29) is 12.3 Å². The van der Waals surface area contributed by atoms with Crippen LogP contribution < -0.4 is 5.32 Å². The molecule has 0 fully saturated rings. The van der Waals surface area contributed by atoms with Gasteiger partial charge in [0.1, 0.15) is 0 Å². The lowest BCUT2D eigenvalue weighted by molar-refractivity contribution is 0.0520. The molecule has 0 radical (unpaired) electrons. The average molecular weight is 345 g/mol. The summed E-state index contributed by atoms with van der Waals surface area (Å²) in [6, 6.07) is 4.51. The average Bonchev–Trinajstić information content (AvgIpc) is 2.86. The zero-order chi connectivity index (χ0) is 15.4. The van der Waals surface area contributed by atoms with E-state index in [9.17, 15) is 9.59 Å². The topological polar surface area (TPSA) is 68.3 Å². The monoisotopic (exact) mass is 344 g/mol. The Labute approximate surface area is 134 Å². The smallest absolute Gasteiger partial charge is 0.357 e. The molecule has 0 bridgehead atoms. The molecule has 0 atom stereocenters. The fraction of sp³-hybridized carbons (Fsp3) is 0.154. The number of ether oxygens (including phenoxy) is 1. The number of rotatable bonds is 4. The minimum absolute atomic E-state index is 0.154. The highest BCUT2D eigenvalue weighted by Crippen LogP contribution is 2.21. The highest BCUT2D eigenvalue weighted by Gasteiger charge is 2.14. The van der Waals surface area contributed by atoms with E-state index in [0.29, 0.717) is 20.7 Å². The van der Waals surface area contributed by atoms with Gasteiger partial charge < -0.3 is 4.74 Å². The summed E-state index contributed by atoms with van der Waals surface area (Å²) < 4.78 is 4.82. The number of carbonyl (C=O) groups excluding carboxylic acids is 2. The van der Waals surface area contributed by atoms with Crippen molar-refractivity contribution in [2.24, 2.45) is 0 Å². The van der Waals surface area contributed by atoms with Crippen molar-refractivity contribution in [3.05, 3.63) is 44.9 Å². The first-order chi connectivity index (χ1) is 9.99. The van der Waals surface area contributed by atoms with Gasteiger partial charge in [-0.2, -0.15) is 0 Å². The summed E-state index contributed by atoms with van der Waals surface area (Å²) in [4.78, 5) is 27.5. The molecule has 1 aromatic heterocycles. The summed E-state index contributed by atoms with van der Waals surface area (Å²) >= 11 is 12.8. The maximum atomic E-state index is 12.0. The van der Waals surface area contributed by atoms with Crippen LogP contribution in [-0.2, 0) is 4.74 Å². The van der Waals surface area contributed by atoms with Gasteiger partial charge in [-0.15, -0.1) is 11.3 Å². The number of halogens is 2. The Morgan fingerprint density at radius 2 is 1.95 bits per heavy atom. The Morgan fingerprint density at radius 1 is 1.29 bits per heavy atom. The molecular formula is C13H10Cl2N2O3S. The van der Waals surface area contributed by atoms with E-state index in [1.54, 1.807) is 6.92 Å². The number of nitrogens with one attached hydrogen (secondary N) is 1. The molecule has 2 rings (SSSR count). The molecular weight excluding hydrogens is 335 g/mol. The third-order valence-corrected chi connectivity index (χ3v) is 3.53. The van der Waals surface area contributed by atoms with E-state index in [4.69, 9.17) is 27.9 Å². The van der Waals surface area contributed by atoms with Crippen LogP contribution in [0.5, 0.6) is 0 Å². The van der Waals surface area contributed by atoms with Crippen LogP contribution in [0.3, 0.4) is 0 Å². The van der Waals surface area contributed by atoms with Crippen molar-refractivity contribution >= 4 is 51.5 Å². The summed E-state index contributed by atoms with van der Waals surface area (Å²) in [6.45, 7) is 1.97. The summed E-state index contributed by atoms with van der Waals surface area (Å²) in [6.07, 6.45) is 0. The second kappa shape index (κ2) is 6.89. The van der Waals surface area contributed by atoms with Gasteiger partial charge in [0, 0.05) is 21.0 Å². The minimum Gasteiger partial charge on any atom is -0.461 e.